The number of fused-ring (bicyclic) bond motifs is 1. The first-order valence-electron chi connectivity index (χ1n) is 9.10. The molecule has 0 atom stereocenters. The summed E-state index contributed by atoms with van der Waals surface area (Å²) in [5.74, 6) is -0.243. The summed E-state index contributed by atoms with van der Waals surface area (Å²) in [7, 11) is 0. The highest BCUT2D eigenvalue weighted by Crippen LogP contribution is 2.38. The largest absolute Gasteiger partial charge is 0.486 e. The lowest BCUT2D eigenvalue weighted by molar-refractivity contribution is -0.141. The molecule has 0 aromatic heterocycles. The predicted molar refractivity (Wildman–Crippen MR) is 114 cm³/mol. The van der Waals surface area contributed by atoms with Crippen LogP contribution in [0.3, 0.4) is 0 Å². The fourth-order valence-corrected chi connectivity index (χ4v) is 3.70. The number of carbonyl (C=O) groups excluding carboxylic acids is 3. The summed E-state index contributed by atoms with van der Waals surface area (Å²) in [6.45, 7) is 1.80. The molecule has 1 heterocycles. The molecule has 1 aliphatic rings. The Bertz CT molecular complexity index is 994. The highest BCUT2D eigenvalue weighted by molar-refractivity contribution is 7.98. The van der Waals surface area contributed by atoms with E-state index in [0.717, 1.165) is 4.90 Å². The number of Topliss-reactive ketones (excluding diaryl/α,β-unsaturated/α-hetero) is 1. The molecule has 30 heavy (non-hydrogen) atoms. The van der Waals surface area contributed by atoms with Gasteiger partial charge in [-0.3, -0.25) is 14.4 Å². The van der Waals surface area contributed by atoms with E-state index in [1.165, 1.54) is 18.7 Å². The van der Waals surface area contributed by atoms with Gasteiger partial charge in [0.1, 0.15) is 13.2 Å². The van der Waals surface area contributed by atoms with E-state index >= 15 is 0 Å². The summed E-state index contributed by atoms with van der Waals surface area (Å²) in [5, 5.41) is 3.05. The van der Waals surface area contributed by atoms with Crippen LogP contribution in [0.25, 0.3) is 0 Å². The molecule has 1 aliphatic heterocycles. The van der Waals surface area contributed by atoms with E-state index in [9.17, 15) is 14.4 Å². The minimum Gasteiger partial charge on any atom is -0.486 e. The van der Waals surface area contributed by atoms with Crippen LogP contribution in [-0.2, 0) is 20.7 Å². The quantitative estimate of drug-likeness (QED) is 0.391. The summed E-state index contributed by atoms with van der Waals surface area (Å²) < 4.78 is 16.1. The van der Waals surface area contributed by atoms with Crippen molar-refractivity contribution in [1.29, 1.82) is 0 Å². The normalized spacial score (nSPS) is 12.2. The molecule has 2 aromatic rings. The van der Waals surface area contributed by atoms with E-state index in [4.69, 9.17) is 25.8 Å². The Morgan fingerprint density at radius 1 is 1.17 bits per heavy atom. The van der Waals surface area contributed by atoms with Gasteiger partial charge in [-0.2, -0.15) is 0 Å². The summed E-state index contributed by atoms with van der Waals surface area (Å²) in [5.41, 5.74) is 1.48. The predicted octanol–water partition coefficient (Wildman–Crippen LogP) is 3.76. The minimum absolute atomic E-state index is 0.0633. The van der Waals surface area contributed by atoms with E-state index in [1.807, 2.05) is 6.26 Å². The van der Waals surface area contributed by atoms with E-state index in [1.54, 1.807) is 30.3 Å². The second kappa shape index (κ2) is 9.86. The molecule has 0 radical (unpaired) electrons. The zero-order valence-electron chi connectivity index (χ0n) is 16.5. The number of hydrogen-bond acceptors (Lipinski definition) is 7. The second-order valence-electron chi connectivity index (χ2n) is 6.46. The molecule has 0 saturated carbocycles. The zero-order valence-corrected chi connectivity index (χ0v) is 18.0. The number of halogens is 1. The third-order valence-corrected chi connectivity index (χ3v) is 5.28. The van der Waals surface area contributed by atoms with E-state index < -0.39 is 12.6 Å². The lowest BCUT2D eigenvalue weighted by atomic mass is 10.1. The molecule has 0 spiro atoms. The summed E-state index contributed by atoms with van der Waals surface area (Å²) in [4.78, 5) is 36.8. The molecular formula is C21H20ClNO6S. The molecule has 3 rings (SSSR count). The standard InChI is InChI=1S/C21H20ClNO6S/c1-12(24)23-16-10-14(3-4-19(16)30-2)17(25)11-29-20(26)9-13-7-15(22)21-18(8-13)27-5-6-28-21/h3-4,7-8,10H,5-6,9,11H2,1-2H3,(H,23,24). The number of benzene rings is 2. The number of carbonyl (C=O) groups is 3. The van der Waals surface area contributed by atoms with Crippen LogP contribution in [0, 0.1) is 0 Å². The molecule has 1 amide bonds. The van der Waals surface area contributed by atoms with Crippen LogP contribution in [0.4, 0.5) is 5.69 Å². The molecule has 2 aromatic carbocycles. The van der Waals surface area contributed by atoms with Gasteiger partial charge in [0.2, 0.25) is 5.91 Å². The van der Waals surface area contributed by atoms with Gasteiger partial charge < -0.3 is 19.5 Å². The Kier molecular flexibility index (Phi) is 7.23. The SMILES string of the molecule is CSc1ccc(C(=O)COC(=O)Cc2cc(Cl)c3c(c2)OCCO3)cc1NC(C)=O. The van der Waals surface area contributed by atoms with Crippen LogP contribution in [-0.4, -0.2) is 43.7 Å². The van der Waals surface area contributed by atoms with Gasteiger partial charge in [0, 0.05) is 17.4 Å². The first-order valence-corrected chi connectivity index (χ1v) is 10.7. The number of ketones is 1. The molecule has 1 N–H and O–H groups in total. The molecule has 0 aliphatic carbocycles. The van der Waals surface area contributed by atoms with Gasteiger partial charge in [0.05, 0.1) is 17.1 Å². The van der Waals surface area contributed by atoms with Crippen molar-refractivity contribution in [3.05, 3.63) is 46.5 Å². The Morgan fingerprint density at radius 3 is 2.67 bits per heavy atom. The van der Waals surface area contributed by atoms with E-state index in [-0.39, 0.29) is 18.1 Å². The highest BCUT2D eigenvalue weighted by atomic mass is 35.5. The minimum atomic E-state index is -0.570. The first-order chi connectivity index (χ1) is 14.4. The molecule has 9 heteroatoms. The lowest BCUT2D eigenvalue weighted by Gasteiger charge is -2.20. The van der Waals surface area contributed by atoms with Crippen molar-refractivity contribution in [3.8, 4) is 11.5 Å². The van der Waals surface area contributed by atoms with Crippen LogP contribution >= 0.6 is 23.4 Å². The van der Waals surface area contributed by atoms with Gasteiger partial charge in [-0.05, 0) is 36.1 Å². The van der Waals surface area contributed by atoms with Crippen molar-refractivity contribution in [2.24, 2.45) is 0 Å². The maximum atomic E-state index is 12.4. The Balaban J connectivity index is 1.61. The maximum absolute atomic E-state index is 12.4. The smallest absolute Gasteiger partial charge is 0.310 e. The van der Waals surface area contributed by atoms with Gasteiger partial charge in [0.25, 0.3) is 0 Å². The van der Waals surface area contributed by atoms with Crippen molar-refractivity contribution < 1.29 is 28.6 Å². The van der Waals surface area contributed by atoms with E-state index in [0.29, 0.717) is 46.5 Å². The number of rotatable bonds is 7. The van der Waals surface area contributed by atoms with Crippen molar-refractivity contribution in [2.75, 3.05) is 31.4 Å². The summed E-state index contributed by atoms with van der Waals surface area (Å²) >= 11 is 7.62. The number of anilines is 1. The Hall–Kier alpha value is -2.71. The molecule has 0 unspecified atom stereocenters. The summed E-state index contributed by atoms with van der Waals surface area (Å²) in [6.07, 6.45) is 1.81. The van der Waals surface area contributed by atoms with Crippen LogP contribution in [0.15, 0.2) is 35.2 Å². The fraction of sp³-hybridized carbons (Fsp3) is 0.286. The first kappa shape index (κ1) is 22.0. The molecule has 158 valence electrons. The highest BCUT2D eigenvalue weighted by Gasteiger charge is 2.19. The third-order valence-electron chi connectivity index (χ3n) is 4.20. The number of thioether (sulfide) groups is 1. The Morgan fingerprint density at radius 2 is 1.93 bits per heavy atom. The fourth-order valence-electron chi connectivity index (χ4n) is 2.88. The van der Waals surface area contributed by atoms with Crippen molar-refractivity contribution in [2.45, 2.75) is 18.2 Å². The van der Waals surface area contributed by atoms with Crippen molar-refractivity contribution >= 4 is 46.7 Å². The van der Waals surface area contributed by atoms with Crippen LogP contribution in [0.2, 0.25) is 5.02 Å². The summed E-state index contributed by atoms with van der Waals surface area (Å²) in [6, 6.07) is 8.23. The van der Waals surface area contributed by atoms with Crippen molar-refractivity contribution in [1.82, 2.24) is 0 Å². The number of ether oxygens (including phenoxy) is 3. The van der Waals surface area contributed by atoms with Crippen LogP contribution < -0.4 is 14.8 Å². The number of amides is 1. The van der Waals surface area contributed by atoms with Gasteiger partial charge in [-0.25, -0.2) is 0 Å². The van der Waals surface area contributed by atoms with Gasteiger partial charge in [0.15, 0.2) is 23.9 Å². The average molecular weight is 450 g/mol. The number of nitrogens with one attached hydrogen (secondary N) is 1. The lowest BCUT2D eigenvalue weighted by Crippen LogP contribution is -2.18. The maximum Gasteiger partial charge on any atom is 0.310 e. The average Bonchev–Trinajstić information content (AvgIpc) is 2.71. The zero-order chi connectivity index (χ0) is 21.7. The molecule has 0 saturated heterocycles. The molecule has 7 nitrogen and oxygen atoms in total. The van der Waals surface area contributed by atoms with Crippen LogP contribution in [0.1, 0.15) is 22.8 Å². The van der Waals surface area contributed by atoms with Gasteiger partial charge in [-0.15, -0.1) is 11.8 Å². The Labute approximate surface area is 183 Å². The number of esters is 1. The third kappa shape index (κ3) is 5.46. The van der Waals surface area contributed by atoms with Gasteiger partial charge in [-0.1, -0.05) is 17.7 Å². The van der Waals surface area contributed by atoms with Crippen LogP contribution in [0.5, 0.6) is 11.5 Å². The van der Waals surface area contributed by atoms with Gasteiger partial charge >= 0.3 is 5.97 Å². The number of hydrogen-bond donors (Lipinski definition) is 1. The molecule has 0 fully saturated rings. The second-order valence-corrected chi connectivity index (χ2v) is 7.71. The topological polar surface area (TPSA) is 90.9 Å². The van der Waals surface area contributed by atoms with Crippen molar-refractivity contribution in [3.63, 3.8) is 0 Å². The molecule has 0 bridgehead atoms. The van der Waals surface area contributed by atoms with E-state index in [2.05, 4.69) is 5.32 Å². The monoisotopic (exact) mass is 449 g/mol. The molecular weight excluding hydrogens is 430 g/mol.